The SMILES string of the molecule is COc1cccc(N2C(=O)C(Nc3cc(Cl)ccc3C)=C(c3ccc(C)cc3C)C2=O)c1. The first kappa shape index (κ1) is 21.7. The van der Waals surface area contributed by atoms with Gasteiger partial charge in [-0.2, -0.15) is 0 Å². The number of hydrogen-bond donors (Lipinski definition) is 1. The second kappa shape index (κ2) is 8.52. The van der Waals surface area contributed by atoms with Crippen molar-refractivity contribution in [1.82, 2.24) is 0 Å². The lowest BCUT2D eigenvalue weighted by molar-refractivity contribution is -0.120. The molecule has 0 aromatic heterocycles. The number of imide groups is 1. The minimum atomic E-state index is -0.433. The van der Waals surface area contributed by atoms with Crippen LogP contribution in [-0.4, -0.2) is 18.9 Å². The fourth-order valence-electron chi connectivity index (χ4n) is 3.84. The van der Waals surface area contributed by atoms with Crippen molar-refractivity contribution in [3.63, 3.8) is 0 Å². The maximum Gasteiger partial charge on any atom is 0.282 e. The molecular weight excluding hydrogens is 424 g/mol. The fraction of sp³-hybridized carbons (Fsp3) is 0.154. The lowest BCUT2D eigenvalue weighted by Crippen LogP contribution is -2.32. The van der Waals surface area contributed by atoms with Gasteiger partial charge in [-0.3, -0.25) is 9.59 Å². The van der Waals surface area contributed by atoms with Crippen LogP contribution in [-0.2, 0) is 9.59 Å². The highest BCUT2D eigenvalue weighted by atomic mass is 35.5. The lowest BCUT2D eigenvalue weighted by atomic mass is 9.97. The Hall–Kier alpha value is -3.57. The van der Waals surface area contributed by atoms with Crippen LogP contribution in [0.25, 0.3) is 5.57 Å². The first-order valence-electron chi connectivity index (χ1n) is 10.2. The van der Waals surface area contributed by atoms with Crippen molar-refractivity contribution in [2.75, 3.05) is 17.3 Å². The molecule has 1 N–H and O–H groups in total. The van der Waals surface area contributed by atoms with Gasteiger partial charge in [0.1, 0.15) is 11.4 Å². The Morgan fingerprint density at radius 2 is 1.66 bits per heavy atom. The number of nitrogens with one attached hydrogen (secondary N) is 1. The number of rotatable bonds is 5. The third-order valence-electron chi connectivity index (χ3n) is 5.51. The average molecular weight is 447 g/mol. The minimum Gasteiger partial charge on any atom is -0.497 e. The summed E-state index contributed by atoms with van der Waals surface area (Å²) in [7, 11) is 1.54. The molecule has 1 heterocycles. The van der Waals surface area contributed by atoms with E-state index in [1.165, 1.54) is 4.90 Å². The summed E-state index contributed by atoms with van der Waals surface area (Å²) in [4.78, 5) is 28.4. The molecule has 4 rings (SSSR count). The summed E-state index contributed by atoms with van der Waals surface area (Å²) in [6.45, 7) is 5.84. The molecule has 3 aromatic rings. The van der Waals surface area contributed by atoms with E-state index in [1.54, 1.807) is 43.5 Å². The number of nitrogens with zero attached hydrogens (tertiary/aromatic N) is 1. The van der Waals surface area contributed by atoms with Gasteiger partial charge in [-0.05, 0) is 61.7 Å². The van der Waals surface area contributed by atoms with Crippen LogP contribution in [0.1, 0.15) is 22.3 Å². The normalized spacial score (nSPS) is 13.7. The first-order valence-corrected chi connectivity index (χ1v) is 10.6. The number of methoxy groups -OCH3 is 1. The Kier molecular flexibility index (Phi) is 5.76. The summed E-state index contributed by atoms with van der Waals surface area (Å²) < 4.78 is 5.29. The topological polar surface area (TPSA) is 58.6 Å². The van der Waals surface area contributed by atoms with Crippen molar-refractivity contribution >= 4 is 40.4 Å². The van der Waals surface area contributed by atoms with Crippen molar-refractivity contribution < 1.29 is 14.3 Å². The van der Waals surface area contributed by atoms with E-state index in [0.29, 0.717) is 33.3 Å². The highest BCUT2D eigenvalue weighted by molar-refractivity contribution is 6.46. The van der Waals surface area contributed by atoms with E-state index >= 15 is 0 Å². The molecule has 0 spiro atoms. The molecule has 0 unspecified atom stereocenters. The zero-order valence-corrected chi connectivity index (χ0v) is 19.1. The standard InChI is InChI=1S/C26H23ClN2O3/c1-15-8-11-21(17(3)12-15)23-24(28-22-13-18(27)10-9-16(22)2)26(31)29(25(23)30)19-6-5-7-20(14-19)32-4/h5-14,28H,1-4H3. The number of halogens is 1. The van der Waals surface area contributed by atoms with Gasteiger partial charge in [0.25, 0.3) is 11.8 Å². The Bertz CT molecular complexity index is 1280. The quantitative estimate of drug-likeness (QED) is 0.513. The van der Waals surface area contributed by atoms with Crippen molar-refractivity contribution in [3.8, 4) is 5.75 Å². The molecule has 0 atom stereocenters. The van der Waals surface area contributed by atoms with Crippen LogP contribution in [0.4, 0.5) is 11.4 Å². The molecule has 0 bridgehead atoms. The van der Waals surface area contributed by atoms with E-state index in [4.69, 9.17) is 16.3 Å². The van der Waals surface area contributed by atoms with Crippen LogP contribution >= 0.6 is 11.6 Å². The summed E-state index contributed by atoms with van der Waals surface area (Å²) in [6, 6.07) is 18.1. The van der Waals surface area contributed by atoms with Gasteiger partial charge in [0.15, 0.2) is 0 Å². The monoisotopic (exact) mass is 446 g/mol. The molecular formula is C26H23ClN2O3. The highest BCUT2D eigenvalue weighted by Gasteiger charge is 2.41. The van der Waals surface area contributed by atoms with E-state index in [2.05, 4.69) is 5.32 Å². The average Bonchev–Trinajstić information content (AvgIpc) is 3.00. The number of ether oxygens (including phenoxy) is 1. The minimum absolute atomic E-state index is 0.218. The number of carbonyl (C=O) groups is 2. The van der Waals surface area contributed by atoms with Crippen LogP contribution in [0.15, 0.2) is 66.4 Å². The molecule has 5 nitrogen and oxygen atoms in total. The molecule has 162 valence electrons. The number of anilines is 2. The Morgan fingerprint density at radius 3 is 2.38 bits per heavy atom. The molecule has 3 aromatic carbocycles. The fourth-order valence-corrected chi connectivity index (χ4v) is 4.01. The second-order valence-electron chi connectivity index (χ2n) is 7.80. The Balaban J connectivity index is 1.88. The van der Waals surface area contributed by atoms with Crippen LogP contribution in [0, 0.1) is 20.8 Å². The Labute approximate surface area is 192 Å². The second-order valence-corrected chi connectivity index (χ2v) is 8.24. The van der Waals surface area contributed by atoms with Crippen LogP contribution in [0.3, 0.4) is 0 Å². The highest BCUT2D eigenvalue weighted by Crippen LogP contribution is 2.36. The number of hydrogen-bond acceptors (Lipinski definition) is 4. The Morgan fingerprint density at radius 1 is 0.875 bits per heavy atom. The van der Waals surface area contributed by atoms with Crippen molar-refractivity contribution in [1.29, 1.82) is 0 Å². The third kappa shape index (κ3) is 3.87. The van der Waals surface area contributed by atoms with Gasteiger partial charge >= 0.3 is 0 Å². The predicted octanol–water partition coefficient (Wildman–Crippen LogP) is 5.67. The molecule has 0 saturated heterocycles. The number of benzene rings is 3. The molecule has 6 heteroatoms. The maximum atomic E-state index is 13.6. The van der Waals surface area contributed by atoms with Crippen LogP contribution in [0.5, 0.6) is 5.75 Å². The number of aryl methyl sites for hydroxylation is 3. The van der Waals surface area contributed by atoms with Crippen LogP contribution < -0.4 is 15.0 Å². The van der Waals surface area contributed by atoms with E-state index in [1.807, 2.05) is 45.0 Å². The third-order valence-corrected chi connectivity index (χ3v) is 5.74. The lowest BCUT2D eigenvalue weighted by Gasteiger charge is -2.16. The van der Waals surface area contributed by atoms with Gasteiger partial charge in [0.05, 0.1) is 18.4 Å². The van der Waals surface area contributed by atoms with Gasteiger partial charge in [0.2, 0.25) is 0 Å². The van der Waals surface area contributed by atoms with Gasteiger partial charge < -0.3 is 10.1 Å². The van der Waals surface area contributed by atoms with E-state index in [0.717, 1.165) is 16.7 Å². The predicted molar refractivity (Wildman–Crippen MR) is 128 cm³/mol. The summed E-state index contributed by atoms with van der Waals surface area (Å²) in [6.07, 6.45) is 0. The molecule has 0 aliphatic carbocycles. The molecule has 0 saturated carbocycles. The molecule has 1 aliphatic heterocycles. The van der Waals surface area contributed by atoms with E-state index < -0.39 is 11.8 Å². The van der Waals surface area contributed by atoms with Crippen molar-refractivity contribution in [2.45, 2.75) is 20.8 Å². The summed E-state index contributed by atoms with van der Waals surface area (Å²) >= 11 is 6.19. The molecule has 2 amide bonds. The smallest absolute Gasteiger partial charge is 0.282 e. The van der Waals surface area contributed by atoms with Crippen molar-refractivity contribution in [3.05, 3.63) is 93.6 Å². The summed E-state index contributed by atoms with van der Waals surface area (Å²) in [5.74, 6) is -0.266. The van der Waals surface area contributed by atoms with Crippen molar-refractivity contribution in [2.24, 2.45) is 0 Å². The van der Waals surface area contributed by atoms with Gasteiger partial charge in [-0.1, -0.05) is 47.5 Å². The number of carbonyl (C=O) groups excluding carboxylic acids is 2. The zero-order chi connectivity index (χ0) is 23.0. The first-order chi connectivity index (χ1) is 15.3. The molecule has 0 fully saturated rings. The van der Waals surface area contributed by atoms with Gasteiger partial charge in [-0.25, -0.2) is 4.90 Å². The van der Waals surface area contributed by atoms with Gasteiger partial charge in [0, 0.05) is 16.8 Å². The number of amides is 2. The van der Waals surface area contributed by atoms with E-state index in [9.17, 15) is 9.59 Å². The largest absolute Gasteiger partial charge is 0.497 e. The summed E-state index contributed by atoms with van der Waals surface area (Å²) in [5, 5.41) is 3.74. The van der Waals surface area contributed by atoms with E-state index in [-0.39, 0.29) is 5.70 Å². The zero-order valence-electron chi connectivity index (χ0n) is 18.3. The molecule has 1 aliphatic rings. The summed E-state index contributed by atoms with van der Waals surface area (Å²) in [5.41, 5.74) is 5.27. The molecule has 32 heavy (non-hydrogen) atoms. The molecule has 0 radical (unpaired) electrons. The maximum absolute atomic E-state index is 13.6. The van der Waals surface area contributed by atoms with Gasteiger partial charge in [-0.15, -0.1) is 0 Å². The van der Waals surface area contributed by atoms with Crippen LogP contribution in [0.2, 0.25) is 5.02 Å².